The van der Waals surface area contributed by atoms with Crippen molar-refractivity contribution in [1.82, 2.24) is 0 Å². The van der Waals surface area contributed by atoms with Gasteiger partial charge in [0.1, 0.15) is 6.61 Å². The summed E-state index contributed by atoms with van der Waals surface area (Å²) in [5.74, 6) is -0.667. The Hall–Kier alpha value is -0.280. The molecule has 0 spiro atoms. The Morgan fingerprint density at radius 1 is 1.29 bits per heavy atom. The van der Waals surface area contributed by atoms with Crippen molar-refractivity contribution in [3.8, 4) is 0 Å². The highest BCUT2D eigenvalue weighted by atomic mass is 127. The molecule has 94 valence electrons. The minimum absolute atomic E-state index is 0.139. The first-order chi connectivity index (χ1) is 8.06. The molecule has 0 amide bonds. The van der Waals surface area contributed by atoms with Crippen molar-refractivity contribution >= 4 is 45.9 Å². The zero-order valence-corrected chi connectivity index (χ0v) is 12.6. The molecule has 0 saturated carbocycles. The fraction of sp³-hybridized carbons (Fsp3) is 0.300. The van der Waals surface area contributed by atoms with Gasteiger partial charge in [0.15, 0.2) is 15.6 Å². The molecule has 0 radical (unpaired) electrons. The molecule has 7 heteroatoms. The van der Waals surface area contributed by atoms with E-state index in [9.17, 15) is 13.2 Å². The zero-order chi connectivity index (χ0) is 12.7. The lowest BCUT2D eigenvalue weighted by atomic mass is 10.4. The summed E-state index contributed by atoms with van der Waals surface area (Å²) in [5.41, 5.74) is 0. The maximum absolute atomic E-state index is 11.8. The maximum atomic E-state index is 11.8. The van der Waals surface area contributed by atoms with Gasteiger partial charge in [0.25, 0.3) is 0 Å². The number of hydrogen-bond acceptors (Lipinski definition) is 5. The lowest BCUT2D eigenvalue weighted by Crippen LogP contribution is -2.19. The molecule has 1 aromatic rings. The monoisotopic (exact) mass is 386 g/mol. The summed E-state index contributed by atoms with van der Waals surface area (Å²) in [4.78, 5) is 11.4. The topological polar surface area (TPSA) is 60.4 Å². The third kappa shape index (κ3) is 5.26. The van der Waals surface area contributed by atoms with Crippen molar-refractivity contribution < 1.29 is 17.9 Å². The molecule has 0 bridgehead atoms. The Kier molecular flexibility index (Phi) is 6.28. The van der Waals surface area contributed by atoms with Crippen LogP contribution in [0.25, 0.3) is 0 Å². The van der Waals surface area contributed by atoms with Crippen LogP contribution in [0, 0.1) is 0 Å². The van der Waals surface area contributed by atoms with Crippen LogP contribution in [0.4, 0.5) is 0 Å². The summed E-state index contributed by atoms with van der Waals surface area (Å²) in [7, 11) is -2.08. The van der Waals surface area contributed by atoms with Crippen LogP contribution >= 0.6 is 30.1 Å². The standard InChI is InChI=1S/C10H11IO4S2/c11-16-7-6-15-10(12)8-17(13,14)9-4-2-1-3-5-9/h1-5H,6-8H2. The van der Waals surface area contributed by atoms with E-state index < -0.39 is 21.6 Å². The lowest BCUT2D eigenvalue weighted by Gasteiger charge is -2.04. The van der Waals surface area contributed by atoms with E-state index in [1.807, 2.05) is 0 Å². The van der Waals surface area contributed by atoms with E-state index in [0.717, 1.165) is 0 Å². The molecule has 0 aliphatic carbocycles. The second-order valence-corrected chi connectivity index (χ2v) is 7.59. The molecule has 0 unspecified atom stereocenters. The van der Waals surface area contributed by atoms with E-state index in [0.29, 0.717) is 5.75 Å². The van der Waals surface area contributed by atoms with E-state index in [1.165, 1.54) is 21.1 Å². The van der Waals surface area contributed by atoms with Gasteiger partial charge in [-0.15, -0.1) is 0 Å². The minimum Gasteiger partial charge on any atom is -0.464 e. The van der Waals surface area contributed by atoms with Crippen LogP contribution in [0.3, 0.4) is 0 Å². The first-order valence-electron chi connectivity index (χ1n) is 4.73. The van der Waals surface area contributed by atoms with Gasteiger partial charge in [-0.1, -0.05) is 27.1 Å². The summed E-state index contributed by atoms with van der Waals surface area (Å²) in [5, 5.41) is 0. The molecular formula is C10H11IO4S2. The first kappa shape index (κ1) is 14.8. The molecule has 0 saturated heterocycles. The molecular weight excluding hydrogens is 375 g/mol. The van der Waals surface area contributed by atoms with Gasteiger partial charge in [0.2, 0.25) is 0 Å². The molecule has 0 N–H and O–H groups in total. The normalized spacial score (nSPS) is 11.1. The van der Waals surface area contributed by atoms with Crippen LogP contribution in [0.2, 0.25) is 0 Å². The van der Waals surface area contributed by atoms with Crippen molar-refractivity contribution in [2.75, 3.05) is 18.1 Å². The predicted octanol–water partition coefficient (Wildman–Crippen LogP) is 2.09. The highest BCUT2D eigenvalue weighted by molar-refractivity contribution is 14.2. The average Bonchev–Trinajstić information content (AvgIpc) is 2.30. The van der Waals surface area contributed by atoms with Gasteiger partial charge in [-0.05, 0) is 33.3 Å². The first-order valence-corrected chi connectivity index (χ1v) is 9.91. The third-order valence-electron chi connectivity index (χ3n) is 1.83. The van der Waals surface area contributed by atoms with Crippen molar-refractivity contribution in [3.63, 3.8) is 0 Å². The molecule has 0 aliphatic rings. The summed E-state index contributed by atoms with van der Waals surface area (Å²) in [6.07, 6.45) is 0. The summed E-state index contributed by atoms with van der Waals surface area (Å²) in [6, 6.07) is 7.87. The molecule has 0 heterocycles. The van der Waals surface area contributed by atoms with Gasteiger partial charge in [0, 0.05) is 5.75 Å². The van der Waals surface area contributed by atoms with Crippen molar-refractivity contribution in [3.05, 3.63) is 30.3 Å². The van der Waals surface area contributed by atoms with Crippen LogP contribution in [-0.4, -0.2) is 32.5 Å². The van der Waals surface area contributed by atoms with Gasteiger partial charge in [-0.3, -0.25) is 4.79 Å². The summed E-state index contributed by atoms with van der Waals surface area (Å²) in [6.45, 7) is 0.233. The van der Waals surface area contributed by atoms with Crippen LogP contribution in [0.15, 0.2) is 35.2 Å². The molecule has 17 heavy (non-hydrogen) atoms. The second kappa shape index (κ2) is 7.22. The maximum Gasteiger partial charge on any atom is 0.321 e. The van der Waals surface area contributed by atoms with E-state index in [2.05, 4.69) is 21.2 Å². The summed E-state index contributed by atoms with van der Waals surface area (Å²) >= 11 is 2.08. The number of rotatable bonds is 6. The Morgan fingerprint density at radius 3 is 2.53 bits per heavy atom. The van der Waals surface area contributed by atoms with E-state index >= 15 is 0 Å². The van der Waals surface area contributed by atoms with Gasteiger partial charge in [-0.25, -0.2) is 8.42 Å². The number of esters is 1. The van der Waals surface area contributed by atoms with Crippen LogP contribution in [0.5, 0.6) is 0 Å². The highest BCUT2D eigenvalue weighted by Gasteiger charge is 2.19. The van der Waals surface area contributed by atoms with Gasteiger partial charge in [0.05, 0.1) is 4.90 Å². The number of benzene rings is 1. The highest BCUT2D eigenvalue weighted by Crippen LogP contribution is 2.11. The molecule has 4 nitrogen and oxygen atoms in total. The van der Waals surface area contributed by atoms with Gasteiger partial charge in [-0.2, -0.15) is 0 Å². The number of halogens is 1. The Balaban J connectivity index is 2.59. The van der Waals surface area contributed by atoms with Crippen LogP contribution in [-0.2, 0) is 19.4 Å². The van der Waals surface area contributed by atoms with Gasteiger partial charge >= 0.3 is 5.97 Å². The fourth-order valence-corrected chi connectivity index (χ4v) is 2.91. The molecule has 1 rings (SSSR count). The summed E-state index contributed by atoms with van der Waals surface area (Å²) < 4.78 is 28.3. The fourth-order valence-electron chi connectivity index (χ4n) is 1.09. The lowest BCUT2D eigenvalue weighted by molar-refractivity contribution is -0.139. The SMILES string of the molecule is O=C(CS(=O)(=O)c1ccccc1)OCCSI. The van der Waals surface area contributed by atoms with Gasteiger partial charge < -0.3 is 4.74 Å². The molecule has 1 aromatic carbocycles. The minimum atomic E-state index is -3.58. The van der Waals surface area contributed by atoms with E-state index in [1.54, 1.807) is 18.2 Å². The number of carbonyl (C=O) groups is 1. The van der Waals surface area contributed by atoms with Crippen molar-refractivity contribution in [1.29, 1.82) is 0 Å². The Morgan fingerprint density at radius 2 is 1.94 bits per heavy atom. The Bertz CT molecular complexity index is 458. The van der Waals surface area contributed by atoms with E-state index in [-0.39, 0.29) is 11.5 Å². The zero-order valence-electron chi connectivity index (χ0n) is 8.84. The smallest absolute Gasteiger partial charge is 0.321 e. The number of ether oxygens (including phenoxy) is 1. The quantitative estimate of drug-likeness (QED) is 0.426. The predicted molar refractivity (Wildman–Crippen MR) is 75.9 cm³/mol. The Labute approximate surface area is 117 Å². The molecule has 0 aliphatic heterocycles. The molecule has 0 fully saturated rings. The van der Waals surface area contributed by atoms with E-state index in [4.69, 9.17) is 4.74 Å². The molecule has 0 aromatic heterocycles. The number of carbonyl (C=O) groups excluding carboxylic acids is 1. The number of hydrogen-bond donors (Lipinski definition) is 0. The van der Waals surface area contributed by atoms with Crippen molar-refractivity contribution in [2.45, 2.75) is 4.90 Å². The second-order valence-electron chi connectivity index (χ2n) is 3.11. The van der Waals surface area contributed by atoms with Crippen molar-refractivity contribution in [2.24, 2.45) is 0 Å². The average molecular weight is 386 g/mol. The van der Waals surface area contributed by atoms with Crippen LogP contribution in [0.1, 0.15) is 0 Å². The third-order valence-corrected chi connectivity index (χ3v) is 5.08. The van der Waals surface area contributed by atoms with Crippen LogP contribution < -0.4 is 0 Å². The largest absolute Gasteiger partial charge is 0.464 e. The number of sulfone groups is 1. The molecule has 0 atom stereocenters.